The maximum atomic E-state index is 8.69. The van der Waals surface area contributed by atoms with Crippen LogP contribution in [0.1, 0.15) is 28.0 Å². The fraction of sp³-hybridized carbons (Fsp3) is 0.294. The van der Waals surface area contributed by atoms with E-state index in [9.17, 15) is 0 Å². The van der Waals surface area contributed by atoms with Gasteiger partial charge in [0.15, 0.2) is 0 Å². The minimum Gasteiger partial charge on any atom is -0.488 e. The van der Waals surface area contributed by atoms with Crippen LogP contribution in [0, 0.1) is 25.7 Å². The second kappa shape index (κ2) is 7.14. The number of hydrogen-bond acceptors (Lipinski definition) is 3. The Morgan fingerprint density at radius 2 is 2.15 bits per heavy atom. The average molecular weight is 286 g/mol. The Bertz CT molecular complexity index is 632. The van der Waals surface area contributed by atoms with Gasteiger partial charge in [-0.25, -0.2) is 0 Å². The molecule has 2 nitrogen and oxygen atoms in total. The van der Waals surface area contributed by atoms with Crippen molar-refractivity contribution in [3.05, 3.63) is 51.2 Å². The van der Waals surface area contributed by atoms with E-state index in [2.05, 4.69) is 31.8 Å². The summed E-state index contributed by atoms with van der Waals surface area (Å²) in [5.74, 6) is 6.89. The van der Waals surface area contributed by atoms with Crippen LogP contribution in [0.2, 0.25) is 0 Å². The fourth-order valence-corrected chi connectivity index (χ4v) is 2.50. The Hall–Kier alpha value is -1.76. The lowest BCUT2D eigenvalue weighted by molar-refractivity contribution is 0.305. The molecule has 0 saturated heterocycles. The van der Waals surface area contributed by atoms with Crippen LogP contribution in [0.3, 0.4) is 0 Å². The predicted octanol–water partition coefficient (Wildman–Crippen LogP) is 3.68. The number of rotatable bonds is 4. The lowest BCUT2D eigenvalue weighted by Crippen LogP contribution is -1.96. The molecule has 1 heterocycles. The molecule has 1 aromatic carbocycles. The molecule has 0 spiro atoms. The molecule has 1 N–H and O–H groups in total. The summed E-state index contributed by atoms with van der Waals surface area (Å²) >= 11 is 1.65. The van der Waals surface area contributed by atoms with Crippen LogP contribution >= 0.6 is 11.3 Å². The first-order valence-electron chi connectivity index (χ1n) is 6.57. The highest BCUT2D eigenvalue weighted by Gasteiger charge is 2.03. The molecule has 0 amide bonds. The van der Waals surface area contributed by atoms with E-state index in [1.54, 1.807) is 11.3 Å². The van der Waals surface area contributed by atoms with Gasteiger partial charge < -0.3 is 9.84 Å². The fourth-order valence-electron chi connectivity index (χ4n) is 1.77. The van der Waals surface area contributed by atoms with Crippen LogP contribution in [0.5, 0.6) is 5.75 Å². The van der Waals surface area contributed by atoms with Crippen LogP contribution in [0.4, 0.5) is 0 Å². The number of benzene rings is 1. The van der Waals surface area contributed by atoms with Crippen LogP contribution < -0.4 is 4.74 Å². The topological polar surface area (TPSA) is 29.5 Å². The van der Waals surface area contributed by atoms with Crippen molar-refractivity contribution in [3.63, 3.8) is 0 Å². The molecule has 0 aliphatic heterocycles. The third-order valence-corrected chi connectivity index (χ3v) is 3.96. The van der Waals surface area contributed by atoms with E-state index in [0.717, 1.165) is 16.2 Å². The summed E-state index contributed by atoms with van der Waals surface area (Å²) in [4.78, 5) is 1.15. The number of aliphatic hydroxyl groups is 1. The Balaban J connectivity index is 1.98. The van der Waals surface area contributed by atoms with E-state index >= 15 is 0 Å². The number of thiophene rings is 1. The zero-order valence-corrected chi connectivity index (χ0v) is 12.6. The standard InChI is InChI=1S/C17H18O2S/c1-13-6-5-8-17(14(13)2)19-11-16-10-15(12-20-16)7-3-4-9-18/h5-6,8,10,12,18H,4,9,11H2,1-2H3. The van der Waals surface area contributed by atoms with E-state index in [-0.39, 0.29) is 6.61 Å². The minimum atomic E-state index is 0.111. The first-order valence-corrected chi connectivity index (χ1v) is 7.45. The third kappa shape index (κ3) is 3.86. The summed E-state index contributed by atoms with van der Waals surface area (Å²) in [5, 5.41) is 10.7. The highest BCUT2D eigenvalue weighted by atomic mass is 32.1. The minimum absolute atomic E-state index is 0.111. The summed E-state index contributed by atoms with van der Waals surface area (Å²) in [6.07, 6.45) is 0.518. The van der Waals surface area contributed by atoms with Crippen molar-refractivity contribution in [2.75, 3.05) is 6.61 Å². The van der Waals surface area contributed by atoms with Crippen molar-refractivity contribution in [2.45, 2.75) is 26.9 Å². The van der Waals surface area contributed by atoms with E-state index in [1.807, 2.05) is 23.6 Å². The van der Waals surface area contributed by atoms with Gasteiger partial charge in [0.2, 0.25) is 0 Å². The second-order valence-corrected chi connectivity index (χ2v) is 5.56. The maximum absolute atomic E-state index is 8.69. The van der Waals surface area contributed by atoms with Gasteiger partial charge >= 0.3 is 0 Å². The zero-order valence-electron chi connectivity index (χ0n) is 11.8. The molecule has 20 heavy (non-hydrogen) atoms. The van der Waals surface area contributed by atoms with Gasteiger partial charge in [0.05, 0.1) is 6.61 Å². The van der Waals surface area contributed by atoms with Crippen molar-refractivity contribution < 1.29 is 9.84 Å². The molecule has 1 aromatic heterocycles. The van der Waals surface area contributed by atoms with Crippen LogP contribution in [-0.4, -0.2) is 11.7 Å². The van der Waals surface area contributed by atoms with Crippen LogP contribution in [0.15, 0.2) is 29.6 Å². The van der Waals surface area contributed by atoms with Crippen molar-refractivity contribution in [3.8, 4) is 17.6 Å². The maximum Gasteiger partial charge on any atom is 0.123 e. The van der Waals surface area contributed by atoms with Gasteiger partial charge in [-0.05, 0) is 37.1 Å². The first kappa shape index (κ1) is 14.6. The molecule has 3 heteroatoms. The van der Waals surface area contributed by atoms with E-state index in [1.165, 1.54) is 11.1 Å². The summed E-state index contributed by atoms with van der Waals surface area (Å²) in [5.41, 5.74) is 3.42. The Labute approximate surface area is 124 Å². The lowest BCUT2D eigenvalue weighted by atomic mass is 10.1. The van der Waals surface area contributed by atoms with E-state index in [0.29, 0.717) is 13.0 Å². The van der Waals surface area contributed by atoms with E-state index in [4.69, 9.17) is 9.84 Å². The third-order valence-electron chi connectivity index (χ3n) is 3.05. The molecule has 2 rings (SSSR count). The molecule has 0 unspecified atom stereocenters. The van der Waals surface area contributed by atoms with Gasteiger partial charge in [0, 0.05) is 22.2 Å². The number of aliphatic hydroxyl groups excluding tert-OH is 1. The SMILES string of the molecule is Cc1cccc(OCc2cc(C#CCCO)cs2)c1C. The largest absolute Gasteiger partial charge is 0.488 e. The smallest absolute Gasteiger partial charge is 0.123 e. The van der Waals surface area contributed by atoms with Gasteiger partial charge in [-0.15, -0.1) is 11.3 Å². The van der Waals surface area contributed by atoms with Gasteiger partial charge in [0.1, 0.15) is 12.4 Å². The number of aryl methyl sites for hydroxylation is 1. The molecular formula is C17H18O2S. The van der Waals surface area contributed by atoms with E-state index < -0.39 is 0 Å². The van der Waals surface area contributed by atoms with Crippen LogP contribution in [0.25, 0.3) is 0 Å². The molecule has 0 saturated carbocycles. The van der Waals surface area contributed by atoms with Gasteiger partial charge in [-0.1, -0.05) is 24.0 Å². The lowest BCUT2D eigenvalue weighted by Gasteiger charge is -2.09. The molecule has 2 aromatic rings. The predicted molar refractivity (Wildman–Crippen MR) is 83.1 cm³/mol. The number of ether oxygens (including phenoxy) is 1. The molecule has 0 atom stereocenters. The van der Waals surface area contributed by atoms with Crippen molar-refractivity contribution >= 4 is 11.3 Å². The van der Waals surface area contributed by atoms with Crippen molar-refractivity contribution in [1.29, 1.82) is 0 Å². The Morgan fingerprint density at radius 1 is 1.30 bits per heavy atom. The molecule has 0 radical (unpaired) electrons. The molecular weight excluding hydrogens is 268 g/mol. The highest BCUT2D eigenvalue weighted by Crippen LogP contribution is 2.23. The van der Waals surface area contributed by atoms with Gasteiger partial charge in [-0.3, -0.25) is 0 Å². The summed E-state index contributed by atoms with van der Waals surface area (Å²) in [7, 11) is 0. The first-order chi connectivity index (χ1) is 9.70. The zero-order chi connectivity index (χ0) is 14.4. The Kier molecular flexibility index (Phi) is 5.23. The molecule has 0 bridgehead atoms. The van der Waals surface area contributed by atoms with Crippen molar-refractivity contribution in [2.24, 2.45) is 0 Å². The Morgan fingerprint density at radius 3 is 2.95 bits per heavy atom. The molecule has 0 aliphatic carbocycles. The summed E-state index contributed by atoms with van der Waals surface area (Å²) in [6, 6.07) is 8.14. The summed E-state index contributed by atoms with van der Waals surface area (Å²) in [6.45, 7) is 4.84. The number of hydrogen-bond donors (Lipinski definition) is 1. The normalized spacial score (nSPS) is 9.95. The summed E-state index contributed by atoms with van der Waals surface area (Å²) < 4.78 is 5.86. The monoisotopic (exact) mass is 286 g/mol. The molecule has 0 aliphatic rings. The molecule has 104 valence electrons. The van der Waals surface area contributed by atoms with Crippen LogP contribution in [-0.2, 0) is 6.61 Å². The quantitative estimate of drug-likeness (QED) is 0.869. The van der Waals surface area contributed by atoms with Crippen molar-refractivity contribution in [1.82, 2.24) is 0 Å². The highest BCUT2D eigenvalue weighted by molar-refractivity contribution is 7.10. The van der Waals surface area contributed by atoms with Gasteiger partial charge in [-0.2, -0.15) is 0 Å². The second-order valence-electron chi connectivity index (χ2n) is 4.56. The molecule has 0 fully saturated rings. The van der Waals surface area contributed by atoms with Gasteiger partial charge in [0.25, 0.3) is 0 Å². The average Bonchev–Trinajstić information content (AvgIpc) is 2.89.